The highest BCUT2D eigenvalue weighted by Gasteiger charge is 1.86. The van der Waals surface area contributed by atoms with Crippen molar-refractivity contribution in [2.24, 2.45) is 0 Å². The number of aromatic nitrogens is 2. The zero-order chi connectivity index (χ0) is 5.82. The van der Waals surface area contributed by atoms with Crippen LogP contribution >= 0.6 is 22.4 Å². The van der Waals surface area contributed by atoms with Gasteiger partial charge < -0.3 is 0 Å². The molecule has 0 spiro atoms. The van der Waals surface area contributed by atoms with E-state index in [0.717, 1.165) is 5.46 Å². The van der Waals surface area contributed by atoms with Crippen molar-refractivity contribution >= 4 is 33.0 Å². The molecule has 0 saturated carbocycles. The van der Waals surface area contributed by atoms with Crippen LogP contribution in [0.4, 0.5) is 0 Å². The van der Waals surface area contributed by atoms with Crippen molar-refractivity contribution in [3.05, 3.63) is 18.7 Å². The summed E-state index contributed by atoms with van der Waals surface area (Å²) in [6, 6.07) is 0. The molecule has 8 heavy (non-hydrogen) atoms. The lowest BCUT2D eigenvalue weighted by molar-refractivity contribution is 1.19. The van der Waals surface area contributed by atoms with Crippen LogP contribution in [0, 0.1) is 0 Å². The van der Waals surface area contributed by atoms with Gasteiger partial charge in [-0.05, 0) is 5.46 Å². The molecule has 0 N–H and O–H groups in total. The summed E-state index contributed by atoms with van der Waals surface area (Å²) in [4.78, 5) is 7.62. The normalized spacial score (nSPS) is 8.62. The molecule has 0 atom stereocenters. The van der Waals surface area contributed by atoms with Gasteiger partial charge in [0.2, 0.25) is 5.14 Å². The first-order valence-electron chi connectivity index (χ1n) is 2.12. The molecule has 1 aromatic rings. The Bertz CT molecular complexity index is 155. The molecule has 1 rings (SSSR count). The Morgan fingerprint density at radius 2 is 2.00 bits per heavy atom. The molecule has 0 aliphatic rings. The molecule has 0 aromatic carbocycles. The van der Waals surface area contributed by atoms with Crippen LogP contribution in [0.3, 0.4) is 0 Å². The fourth-order valence-electron chi connectivity index (χ4n) is 0.367. The van der Waals surface area contributed by atoms with Crippen molar-refractivity contribution in [1.82, 2.24) is 9.97 Å². The van der Waals surface area contributed by atoms with Gasteiger partial charge in [0.05, 0.1) is 0 Å². The van der Waals surface area contributed by atoms with Gasteiger partial charge in [-0.25, -0.2) is 9.97 Å². The van der Waals surface area contributed by atoms with Crippen LogP contribution in [0.5, 0.6) is 0 Å². The average molecular weight is 217 g/mol. The summed E-state index contributed by atoms with van der Waals surface area (Å²) in [6.07, 6.45) is 5.04. The zero-order valence-electron chi connectivity index (χ0n) is 4.08. The second-order valence-electron chi connectivity index (χ2n) is 1.28. The topological polar surface area (TPSA) is 25.8 Å². The van der Waals surface area contributed by atoms with Gasteiger partial charge in [0.15, 0.2) is 0 Å². The van der Waals surface area contributed by atoms with E-state index in [4.69, 9.17) is 0 Å². The van der Waals surface area contributed by atoms with E-state index in [1.54, 1.807) is 12.4 Å². The lowest BCUT2D eigenvalue weighted by atomic mass is 10.0. The van der Waals surface area contributed by atoms with Gasteiger partial charge in [-0.2, -0.15) is 22.4 Å². The van der Waals surface area contributed by atoms with Gasteiger partial charge in [0.25, 0.3) is 0 Å². The second kappa shape index (κ2) is 3.01. The maximum atomic E-state index is 3.81. The van der Waals surface area contributed by atoms with Crippen LogP contribution in [-0.2, 0) is 0 Å². The average Bonchev–Trinajstić information content (AvgIpc) is 1.90. The van der Waals surface area contributed by atoms with Crippen LogP contribution in [-0.4, -0.2) is 15.1 Å². The Labute approximate surface area is 61.9 Å². The Morgan fingerprint density at radius 3 is 2.38 bits per heavy atom. The largest absolute Gasteiger partial charge is 0.245 e. The molecule has 0 amide bonds. The van der Waals surface area contributed by atoms with Crippen molar-refractivity contribution < 1.29 is 0 Å². The molecule has 39 valence electrons. The van der Waals surface area contributed by atoms with Gasteiger partial charge in [-0.1, -0.05) is 0 Å². The maximum Gasteiger partial charge on any atom is 0.242 e. The summed E-state index contributed by atoms with van der Waals surface area (Å²) in [5, 5.41) is 1.93. The minimum Gasteiger partial charge on any atom is -0.245 e. The van der Waals surface area contributed by atoms with Crippen molar-refractivity contribution in [2.45, 2.75) is 0 Å². The zero-order valence-corrected chi connectivity index (χ0v) is 6.24. The summed E-state index contributed by atoms with van der Waals surface area (Å²) < 4.78 is 0. The molecule has 0 unspecified atom stereocenters. The fraction of sp³-hybridized carbons (Fsp3) is 0. The van der Waals surface area contributed by atoms with E-state index in [1.165, 1.54) is 6.33 Å². The molecular weight excluding hydrogens is 214 g/mol. The molecular formula is C4H3BIN2. The van der Waals surface area contributed by atoms with E-state index in [-0.39, 0.29) is 0 Å². The molecule has 0 saturated heterocycles. The summed E-state index contributed by atoms with van der Waals surface area (Å²) in [6.45, 7) is 0. The highest BCUT2D eigenvalue weighted by molar-refractivity contribution is 14.1. The minimum atomic E-state index is 1.05. The molecule has 0 aliphatic heterocycles. The van der Waals surface area contributed by atoms with Crippen molar-refractivity contribution in [3.63, 3.8) is 0 Å². The highest BCUT2D eigenvalue weighted by Crippen LogP contribution is 1.75. The van der Waals surface area contributed by atoms with Gasteiger partial charge in [-0.3, -0.25) is 0 Å². The SMILES string of the molecule is I[B]c1cncnc1. The highest BCUT2D eigenvalue weighted by atomic mass is 127. The van der Waals surface area contributed by atoms with E-state index < -0.39 is 0 Å². The first-order chi connectivity index (χ1) is 3.93. The maximum absolute atomic E-state index is 3.81. The first kappa shape index (κ1) is 6.00. The molecule has 4 heteroatoms. The predicted octanol–water partition coefficient (Wildman–Crippen LogP) is 0.156. The number of hydrogen-bond donors (Lipinski definition) is 0. The van der Waals surface area contributed by atoms with E-state index in [0.29, 0.717) is 0 Å². The van der Waals surface area contributed by atoms with Crippen LogP contribution < -0.4 is 5.46 Å². The predicted molar refractivity (Wildman–Crippen MR) is 41.4 cm³/mol. The third kappa shape index (κ3) is 1.43. The van der Waals surface area contributed by atoms with Crippen LogP contribution in [0.1, 0.15) is 0 Å². The Balaban J connectivity index is 2.83. The lowest BCUT2D eigenvalue weighted by Crippen LogP contribution is -2.08. The van der Waals surface area contributed by atoms with Gasteiger partial charge in [0.1, 0.15) is 6.33 Å². The molecule has 2 nitrogen and oxygen atoms in total. The summed E-state index contributed by atoms with van der Waals surface area (Å²) >= 11 is 2.15. The van der Waals surface area contributed by atoms with Crippen molar-refractivity contribution in [2.75, 3.05) is 0 Å². The smallest absolute Gasteiger partial charge is 0.242 e. The van der Waals surface area contributed by atoms with E-state index in [1.807, 2.05) is 5.14 Å². The summed E-state index contributed by atoms with van der Waals surface area (Å²) in [5.41, 5.74) is 1.05. The first-order valence-corrected chi connectivity index (χ1v) is 3.36. The van der Waals surface area contributed by atoms with Crippen molar-refractivity contribution in [3.8, 4) is 0 Å². The molecule has 0 bridgehead atoms. The van der Waals surface area contributed by atoms with E-state index in [9.17, 15) is 0 Å². The molecule has 1 radical (unpaired) electrons. The van der Waals surface area contributed by atoms with E-state index >= 15 is 0 Å². The van der Waals surface area contributed by atoms with Gasteiger partial charge >= 0.3 is 0 Å². The lowest BCUT2D eigenvalue weighted by Gasteiger charge is -1.85. The fourth-order valence-corrected chi connectivity index (χ4v) is 0.689. The molecule has 0 aliphatic carbocycles. The number of rotatable bonds is 1. The molecule has 1 aromatic heterocycles. The monoisotopic (exact) mass is 217 g/mol. The van der Waals surface area contributed by atoms with Crippen molar-refractivity contribution in [1.29, 1.82) is 0 Å². The third-order valence-electron chi connectivity index (χ3n) is 0.707. The number of hydrogen-bond acceptors (Lipinski definition) is 2. The standard InChI is InChI=1S/C4H3BIN2/c6-5-4-1-7-3-8-2-4/h1-3H. The third-order valence-corrected chi connectivity index (χ3v) is 1.43. The molecule has 1 heterocycles. The second-order valence-corrected chi connectivity index (χ2v) is 1.90. The Hall–Kier alpha value is -0.125. The molecule has 0 fully saturated rings. The number of halogens is 1. The number of nitrogens with zero attached hydrogens (tertiary/aromatic N) is 2. The summed E-state index contributed by atoms with van der Waals surface area (Å²) in [5.74, 6) is 0. The van der Waals surface area contributed by atoms with Crippen LogP contribution in [0.2, 0.25) is 0 Å². The van der Waals surface area contributed by atoms with Crippen LogP contribution in [0.25, 0.3) is 0 Å². The van der Waals surface area contributed by atoms with Gasteiger partial charge in [0, 0.05) is 12.4 Å². The van der Waals surface area contributed by atoms with E-state index in [2.05, 4.69) is 32.3 Å². The Kier molecular flexibility index (Phi) is 2.26. The quantitative estimate of drug-likeness (QED) is 0.494. The summed E-state index contributed by atoms with van der Waals surface area (Å²) in [7, 11) is 0. The Morgan fingerprint density at radius 1 is 1.38 bits per heavy atom. The van der Waals surface area contributed by atoms with Gasteiger partial charge in [-0.15, -0.1) is 0 Å². The minimum absolute atomic E-state index is 1.05. The van der Waals surface area contributed by atoms with Crippen LogP contribution in [0.15, 0.2) is 18.7 Å².